The lowest BCUT2D eigenvalue weighted by Crippen LogP contribution is -2.71. The Bertz CT molecular complexity index is 1480. The lowest BCUT2D eigenvalue weighted by atomic mass is 9.96. The smallest absolute Gasteiger partial charge is 0.355 e. The van der Waals surface area contributed by atoms with E-state index in [-0.39, 0.29) is 18.9 Å². The summed E-state index contributed by atoms with van der Waals surface area (Å²) in [5.74, 6) is -3.85. The minimum absolute atomic E-state index is 0.00105. The van der Waals surface area contributed by atoms with Gasteiger partial charge < -0.3 is 19.5 Å². The van der Waals surface area contributed by atoms with Crippen molar-refractivity contribution < 1.29 is 33.4 Å². The lowest BCUT2D eigenvalue weighted by molar-refractivity contribution is -0.155. The SMILES string of the molecule is CO[C@H]1S[C@H]2[C@@H](NC(=O)C(C(=O)OCc3ccccc3)c3ccccc3)C(=O)N2C(C(=O)OCc2ccccc2)=C1C. The number of carbonyl (C=O) groups excluding carboxylic acids is 4. The van der Waals surface area contributed by atoms with Crippen molar-refractivity contribution in [2.45, 2.75) is 42.9 Å². The molecule has 216 valence electrons. The molecule has 1 saturated heterocycles. The number of thioether (sulfide) groups is 1. The first-order valence-corrected chi connectivity index (χ1v) is 14.3. The predicted octanol–water partition coefficient (Wildman–Crippen LogP) is 3.90. The molecule has 0 spiro atoms. The lowest BCUT2D eigenvalue weighted by Gasteiger charge is -2.51. The number of β-lactam (4-membered cyclic amide) rings is 1. The summed E-state index contributed by atoms with van der Waals surface area (Å²) in [5.41, 5.74) is 2.12. The summed E-state index contributed by atoms with van der Waals surface area (Å²) in [6, 6.07) is 25.9. The van der Waals surface area contributed by atoms with E-state index in [1.54, 1.807) is 37.3 Å². The number of rotatable bonds is 10. The predicted molar refractivity (Wildman–Crippen MR) is 155 cm³/mol. The molecule has 0 aliphatic carbocycles. The van der Waals surface area contributed by atoms with Crippen LogP contribution in [0.2, 0.25) is 0 Å². The molecule has 2 aliphatic rings. The van der Waals surface area contributed by atoms with Gasteiger partial charge in [0.2, 0.25) is 5.91 Å². The number of hydrogen-bond acceptors (Lipinski definition) is 8. The summed E-state index contributed by atoms with van der Waals surface area (Å²) in [6.07, 6.45) is 0. The third-order valence-corrected chi connectivity index (χ3v) is 8.60. The minimum atomic E-state index is -1.30. The Morgan fingerprint density at radius 3 is 1.98 bits per heavy atom. The van der Waals surface area contributed by atoms with Gasteiger partial charge in [0.25, 0.3) is 5.91 Å². The van der Waals surface area contributed by atoms with Gasteiger partial charge in [-0.05, 0) is 29.2 Å². The van der Waals surface area contributed by atoms with Crippen molar-refractivity contribution in [1.82, 2.24) is 10.2 Å². The normalized spacial score (nSPS) is 20.2. The van der Waals surface area contributed by atoms with Crippen molar-refractivity contribution in [2.75, 3.05) is 7.11 Å². The van der Waals surface area contributed by atoms with Gasteiger partial charge in [0.05, 0.1) is 0 Å². The second-order valence-electron chi connectivity index (χ2n) is 9.82. The molecule has 3 aromatic carbocycles. The van der Waals surface area contributed by atoms with E-state index in [4.69, 9.17) is 14.2 Å². The summed E-state index contributed by atoms with van der Waals surface area (Å²) >= 11 is 1.29. The second kappa shape index (κ2) is 13.1. The van der Waals surface area contributed by atoms with Crippen molar-refractivity contribution in [2.24, 2.45) is 0 Å². The van der Waals surface area contributed by atoms with Crippen LogP contribution in [0.4, 0.5) is 0 Å². The largest absolute Gasteiger partial charge is 0.460 e. The van der Waals surface area contributed by atoms with E-state index < -0.39 is 46.5 Å². The van der Waals surface area contributed by atoms with Gasteiger partial charge in [-0.25, -0.2) is 4.79 Å². The molecule has 2 aliphatic heterocycles. The van der Waals surface area contributed by atoms with Crippen molar-refractivity contribution in [3.05, 3.63) is 119 Å². The Hall–Kier alpha value is -4.41. The summed E-state index contributed by atoms with van der Waals surface area (Å²) in [6.45, 7) is 1.75. The van der Waals surface area contributed by atoms with Crippen LogP contribution in [0.25, 0.3) is 0 Å². The number of amides is 2. The highest BCUT2D eigenvalue weighted by molar-refractivity contribution is 8.00. The summed E-state index contributed by atoms with van der Waals surface area (Å²) in [7, 11) is 1.51. The molecule has 1 unspecified atom stereocenters. The molecule has 0 saturated carbocycles. The maximum Gasteiger partial charge on any atom is 0.355 e. The van der Waals surface area contributed by atoms with E-state index in [1.807, 2.05) is 60.7 Å². The van der Waals surface area contributed by atoms with Crippen LogP contribution < -0.4 is 5.32 Å². The molecule has 1 N–H and O–H groups in total. The molecule has 0 aromatic heterocycles. The van der Waals surface area contributed by atoms with Gasteiger partial charge in [0.15, 0.2) is 5.92 Å². The second-order valence-corrected chi connectivity index (χ2v) is 11.0. The zero-order valence-corrected chi connectivity index (χ0v) is 23.9. The molecule has 10 heteroatoms. The molecular formula is C32H30N2O7S. The molecule has 4 atom stereocenters. The number of hydrogen-bond donors (Lipinski definition) is 1. The van der Waals surface area contributed by atoms with Crippen LogP contribution in [0, 0.1) is 0 Å². The van der Waals surface area contributed by atoms with E-state index in [0.717, 1.165) is 11.1 Å². The van der Waals surface area contributed by atoms with Crippen molar-refractivity contribution in [3.63, 3.8) is 0 Å². The van der Waals surface area contributed by atoms with E-state index in [1.165, 1.54) is 23.8 Å². The zero-order valence-electron chi connectivity index (χ0n) is 23.1. The number of benzene rings is 3. The van der Waals surface area contributed by atoms with Gasteiger partial charge in [0, 0.05) is 7.11 Å². The fourth-order valence-corrected chi connectivity index (χ4v) is 6.23. The van der Waals surface area contributed by atoms with Crippen LogP contribution in [0.1, 0.15) is 29.5 Å². The molecule has 2 amide bonds. The highest BCUT2D eigenvalue weighted by atomic mass is 32.2. The van der Waals surface area contributed by atoms with E-state index >= 15 is 0 Å². The highest BCUT2D eigenvalue weighted by Crippen LogP contribution is 2.44. The minimum Gasteiger partial charge on any atom is -0.460 e. The molecule has 3 aromatic rings. The third-order valence-electron chi connectivity index (χ3n) is 7.05. The average molecular weight is 587 g/mol. The summed E-state index contributed by atoms with van der Waals surface area (Å²) in [5, 5.41) is 2.10. The molecule has 42 heavy (non-hydrogen) atoms. The first-order valence-electron chi connectivity index (χ1n) is 13.4. The molecule has 2 heterocycles. The average Bonchev–Trinajstić information content (AvgIpc) is 3.03. The molecule has 0 bridgehead atoms. The molecule has 9 nitrogen and oxygen atoms in total. The topological polar surface area (TPSA) is 111 Å². The first kappa shape index (κ1) is 29.1. The van der Waals surface area contributed by atoms with Gasteiger partial charge >= 0.3 is 11.9 Å². The maximum atomic E-state index is 13.6. The van der Waals surface area contributed by atoms with Gasteiger partial charge in [-0.2, -0.15) is 0 Å². The van der Waals surface area contributed by atoms with Gasteiger partial charge in [-0.15, -0.1) is 0 Å². The Balaban J connectivity index is 1.31. The zero-order chi connectivity index (χ0) is 29.6. The van der Waals surface area contributed by atoms with E-state index in [0.29, 0.717) is 11.1 Å². The standard InChI is InChI=1S/C32H30N2O7S/c1-20-26(31(38)41-19-22-14-8-4-9-15-22)34-28(36)25(29(34)42-32(20)39-2)33-27(35)24(23-16-10-5-11-17-23)30(37)40-18-21-12-6-3-7-13-21/h3-17,24-25,29,32H,18-19H2,1-2H3,(H,33,35)/t24?,25-,29-,32-/m0/s1. The third kappa shape index (κ3) is 6.09. The van der Waals surface area contributed by atoms with Crippen LogP contribution >= 0.6 is 11.8 Å². The van der Waals surface area contributed by atoms with Crippen LogP contribution in [0.5, 0.6) is 0 Å². The number of nitrogens with zero attached hydrogens (tertiary/aromatic N) is 1. The number of fused-ring (bicyclic) bond motifs is 1. The summed E-state index contributed by atoms with van der Waals surface area (Å²) < 4.78 is 16.6. The van der Waals surface area contributed by atoms with Crippen LogP contribution in [0.15, 0.2) is 102 Å². The first-order chi connectivity index (χ1) is 20.4. The number of methoxy groups -OCH3 is 1. The Morgan fingerprint density at radius 1 is 0.857 bits per heavy atom. The monoisotopic (exact) mass is 586 g/mol. The number of esters is 2. The quantitative estimate of drug-likeness (QED) is 0.216. The Kier molecular flexibility index (Phi) is 9.04. The molecular weight excluding hydrogens is 556 g/mol. The Morgan fingerprint density at radius 2 is 1.40 bits per heavy atom. The van der Waals surface area contributed by atoms with Crippen molar-refractivity contribution in [3.8, 4) is 0 Å². The van der Waals surface area contributed by atoms with Crippen LogP contribution in [-0.2, 0) is 46.6 Å². The number of carbonyl (C=O) groups is 4. The fourth-order valence-electron chi connectivity index (χ4n) is 4.88. The van der Waals surface area contributed by atoms with Gasteiger partial charge in [0.1, 0.15) is 35.8 Å². The molecule has 1 fully saturated rings. The van der Waals surface area contributed by atoms with E-state index in [2.05, 4.69) is 5.32 Å². The summed E-state index contributed by atoms with van der Waals surface area (Å²) in [4.78, 5) is 54.7. The van der Waals surface area contributed by atoms with Crippen LogP contribution in [0.3, 0.4) is 0 Å². The van der Waals surface area contributed by atoms with Crippen molar-refractivity contribution in [1.29, 1.82) is 0 Å². The van der Waals surface area contributed by atoms with E-state index in [9.17, 15) is 19.2 Å². The Labute approximate surface area is 247 Å². The molecule has 0 radical (unpaired) electrons. The van der Waals surface area contributed by atoms with Crippen LogP contribution in [-0.4, -0.2) is 52.6 Å². The number of nitrogens with one attached hydrogen (secondary N) is 1. The number of ether oxygens (including phenoxy) is 3. The van der Waals surface area contributed by atoms with Gasteiger partial charge in [-0.1, -0.05) is 103 Å². The van der Waals surface area contributed by atoms with Gasteiger partial charge in [-0.3, -0.25) is 19.3 Å². The molecule has 5 rings (SSSR count). The highest BCUT2D eigenvalue weighted by Gasteiger charge is 2.56. The fraction of sp³-hybridized carbons (Fsp3) is 0.250. The van der Waals surface area contributed by atoms with Crippen molar-refractivity contribution >= 4 is 35.5 Å². The maximum absolute atomic E-state index is 13.6.